The first-order valence-electron chi connectivity index (χ1n) is 13.0. The maximum atomic E-state index is 13.1. The number of rotatable bonds is 10. The van der Waals surface area contributed by atoms with Crippen LogP contribution in [0.2, 0.25) is 0 Å². The summed E-state index contributed by atoms with van der Waals surface area (Å²) < 4.78 is 10.4. The van der Waals surface area contributed by atoms with Gasteiger partial charge in [-0.15, -0.1) is 0 Å². The number of carbonyl (C=O) groups is 3. The van der Waals surface area contributed by atoms with Crippen molar-refractivity contribution in [3.05, 3.63) is 83.9 Å². The van der Waals surface area contributed by atoms with E-state index in [4.69, 9.17) is 14.5 Å². The van der Waals surface area contributed by atoms with Gasteiger partial charge < -0.3 is 20.1 Å². The van der Waals surface area contributed by atoms with Crippen molar-refractivity contribution in [3.8, 4) is 11.5 Å². The lowest BCUT2D eigenvalue weighted by Crippen LogP contribution is -2.44. The van der Waals surface area contributed by atoms with Gasteiger partial charge in [-0.1, -0.05) is 42.1 Å². The lowest BCUT2D eigenvalue weighted by molar-refractivity contribution is -0.122. The number of amidine groups is 2. The molecule has 10 nitrogen and oxygen atoms in total. The van der Waals surface area contributed by atoms with E-state index in [1.807, 2.05) is 48.5 Å². The van der Waals surface area contributed by atoms with E-state index in [-0.39, 0.29) is 36.3 Å². The van der Waals surface area contributed by atoms with Crippen molar-refractivity contribution < 1.29 is 23.9 Å². The molecule has 3 aromatic rings. The van der Waals surface area contributed by atoms with Gasteiger partial charge in [0.2, 0.25) is 11.8 Å². The van der Waals surface area contributed by atoms with Crippen molar-refractivity contribution in [2.45, 2.75) is 25.4 Å². The molecule has 2 heterocycles. The normalized spacial score (nSPS) is 15.3. The molecule has 2 N–H and O–H groups in total. The number of fused-ring (bicyclic) bond motifs is 3. The highest BCUT2D eigenvalue weighted by molar-refractivity contribution is 8.14. The molecular weight excluding hydrogens is 542 g/mol. The van der Waals surface area contributed by atoms with Crippen LogP contribution in [-0.2, 0) is 20.9 Å². The van der Waals surface area contributed by atoms with Gasteiger partial charge in [0.25, 0.3) is 5.91 Å². The predicted molar refractivity (Wildman–Crippen MR) is 159 cm³/mol. The number of anilines is 1. The molecule has 0 fully saturated rings. The molecule has 0 radical (unpaired) electrons. The zero-order valence-electron chi connectivity index (χ0n) is 22.6. The van der Waals surface area contributed by atoms with Crippen LogP contribution in [0.4, 0.5) is 11.4 Å². The van der Waals surface area contributed by atoms with E-state index < -0.39 is 6.04 Å². The summed E-state index contributed by atoms with van der Waals surface area (Å²) in [5.41, 5.74) is 2.96. The zero-order valence-corrected chi connectivity index (χ0v) is 23.4. The molecule has 41 heavy (non-hydrogen) atoms. The molecule has 1 unspecified atom stereocenters. The van der Waals surface area contributed by atoms with E-state index in [9.17, 15) is 14.4 Å². The number of benzene rings is 3. The number of hydrogen-bond acceptors (Lipinski definition) is 8. The highest BCUT2D eigenvalue weighted by atomic mass is 32.2. The van der Waals surface area contributed by atoms with Gasteiger partial charge in [0, 0.05) is 30.3 Å². The molecule has 0 saturated carbocycles. The predicted octanol–water partition coefficient (Wildman–Crippen LogP) is 4.13. The van der Waals surface area contributed by atoms with E-state index in [1.54, 1.807) is 43.4 Å². The molecule has 3 aromatic carbocycles. The number of nitrogens with zero attached hydrogens (tertiary/aromatic N) is 3. The van der Waals surface area contributed by atoms with Crippen LogP contribution in [-0.4, -0.2) is 59.6 Å². The molecule has 0 bridgehead atoms. The number of hydrogen-bond donors (Lipinski definition) is 2. The van der Waals surface area contributed by atoms with Gasteiger partial charge in [-0.2, -0.15) is 4.99 Å². The number of amides is 3. The van der Waals surface area contributed by atoms with E-state index in [1.165, 1.54) is 11.8 Å². The first kappa shape index (κ1) is 27.9. The minimum atomic E-state index is -0.696. The summed E-state index contributed by atoms with van der Waals surface area (Å²) in [4.78, 5) is 49.4. The Hall–Kier alpha value is -4.64. The molecule has 1 atom stereocenters. The highest BCUT2D eigenvalue weighted by Gasteiger charge is 2.41. The van der Waals surface area contributed by atoms with Gasteiger partial charge in [-0.05, 0) is 48.4 Å². The van der Waals surface area contributed by atoms with Crippen LogP contribution < -0.4 is 20.1 Å². The lowest BCUT2D eigenvalue weighted by Gasteiger charge is -2.31. The van der Waals surface area contributed by atoms with Gasteiger partial charge in [0.05, 0.1) is 25.7 Å². The molecule has 11 heteroatoms. The average molecular weight is 572 g/mol. The molecule has 0 aromatic heterocycles. The van der Waals surface area contributed by atoms with Crippen molar-refractivity contribution >= 4 is 51.9 Å². The van der Waals surface area contributed by atoms with Crippen molar-refractivity contribution in [1.82, 2.24) is 10.2 Å². The van der Waals surface area contributed by atoms with E-state index in [2.05, 4.69) is 15.6 Å². The summed E-state index contributed by atoms with van der Waals surface area (Å²) in [5.74, 6) is 1.17. The van der Waals surface area contributed by atoms with E-state index in [0.717, 1.165) is 16.9 Å². The number of carbonyl (C=O) groups excluding carboxylic acids is 3. The quantitative estimate of drug-likeness (QED) is 0.375. The fourth-order valence-electron chi connectivity index (χ4n) is 4.50. The Morgan fingerprint density at radius 2 is 1.71 bits per heavy atom. The standard InChI is InChI=1S/C30H29N5O5S/c1-39-21-12-10-19(11-13-21)17-31-26(36)15-14-25-29(38)34-28-23-8-3-4-9-24(23)33-30(35(25)28)41-18-27(37)32-20-6-5-7-22(16-20)40-2/h3-13,16,25H,14-15,17-18H2,1-2H3,(H,31,36)(H,32,37). The largest absolute Gasteiger partial charge is 0.497 e. The summed E-state index contributed by atoms with van der Waals surface area (Å²) in [7, 11) is 3.16. The Morgan fingerprint density at radius 1 is 0.927 bits per heavy atom. The Balaban J connectivity index is 1.25. The Kier molecular flexibility index (Phi) is 8.64. The highest BCUT2D eigenvalue weighted by Crippen LogP contribution is 2.35. The number of thioether (sulfide) groups is 1. The third-order valence-corrected chi connectivity index (χ3v) is 7.54. The summed E-state index contributed by atoms with van der Waals surface area (Å²) >= 11 is 1.21. The van der Waals surface area contributed by atoms with Crippen molar-refractivity contribution in [2.75, 3.05) is 25.3 Å². The molecule has 0 aliphatic carbocycles. The molecule has 5 rings (SSSR count). The first-order chi connectivity index (χ1) is 19.9. The van der Waals surface area contributed by atoms with Crippen molar-refractivity contribution in [1.29, 1.82) is 0 Å². The van der Waals surface area contributed by atoms with Gasteiger partial charge in [-0.3, -0.25) is 19.3 Å². The minimum absolute atomic E-state index is 0.0608. The summed E-state index contributed by atoms with van der Waals surface area (Å²) in [6.45, 7) is 0.366. The van der Waals surface area contributed by atoms with Gasteiger partial charge in [0.15, 0.2) is 5.17 Å². The SMILES string of the molecule is COc1ccc(CNC(=O)CCC2C(=O)N=C3c4ccccc4N=C(SCC(=O)Nc4cccc(OC)c4)N32)cc1. The number of aliphatic imine (C=N–C) groups is 2. The second kappa shape index (κ2) is 12.7. The van der Waals surface area contributed by atoms with Crippen LogP contribution in [0.1, 0.15) is 24.0 Å². The second-order valence-corrected chi connectivity index (χ2v) is 10.2. The third-order valence-electron chi connectivity index (χ3n) is 6.59. The Morgan fingerprint density at radius 3 is 2.49 bits per heavy atom. The first-order valence-corrected chi connectivity index (χ1v) is 14.0. The maximum absolute atomic E-state index is 13.1. The van der Waals surface area contributed by atoms with Crippen LogP contribution in [0.25, 0.3) is 0 Å². The lowest BCUT2D eigenvalue weighted by atomic mass is 10.1. The molecule has 3 amide bonds. The van der Waals surface area contributed by atoms with E-state index >= 15 is 0 Å². The average Bonchev–Trinajstić information content (AvgIpc) is 3.34. The van der Waals surface area contributed by atoms with Crippen LogP contribution in [0.3, 0.4) is 0 Å². The number of nitrogens with one attached hydrogen (secondary N) is 2. The summed E-state index contributed by atoms with van der Waals surface area (Å²) in [6.07, 6.45) is 0.375. The second-order valence-electron chi connectivity index (χ2n) is 9.30. The van der Waals surface area contributed by atoms with Crippen molar-refractivity contribution in [2.24, 2.45) is 9.98 Å². The fraction of sp³-hybridized carbons (Fsp3) is 0.233. The van der Waals surface area contributed by atoms with Crippen LogP contribution in [0.5, 0.6) is 11.5 Å². The van der Waals surface area contributed by atoms with Crippen LogP contribution in [0, 0.1) is 0 Å². The zero-order chi connectivity index (χ0) is 28.8. The summed E-state index contributed by atoms with van der Waals surface area (Å²) in [6, 6.07) is 21.3. The molecule has 0 saturated heterocycles. The van der Waals surface area contributed by atoms with E-state index in [0.29, 0.717) is 34.7 Å². The Labute approximate surface area is 241 Å². The van der Waals surface area contributed by atoms with Gasteiger partial charge in [-0.25, -0.2) is 4.99 Å². The minimum Gasteiger partial charge on any atom is -0.497 e. The molecule has 0 spiro atoms. The van der Waals surface area contributed by atoms with Crippen LogP contribution >= 0.6 is 11.8 Å². The smallest absolute Gasteiger partial charge is 0.270 e. The number of ether oxygens (including phenoxy) is 2. The number of methoxy groups -OCH3 is 2. The molecule has 2 aliphatic rings. The van der Waals surface area contributed by atoms with Gasteiger partial charge >= 0.3 is 0 Å². The van der Waals surface area contributed by atoms with Gasteiger partial charge in [0.1, 0.15) is 23.4 Å². The van der Waals surface area contributed by atoms with Crippen molar-refractivity contribution in [3.63, 3.8) is 0 Å². The van der Waals surface area contributed by atoms with Crippen LogP contribution in [0.15, 0.2) is 82.8 Å². The topological polar surface area (TPSA) is 122 Å². The fourth-order valence-corrected chi connectivity index (χ4v) is 5.35. The Bertz CT molecular complexity index is 1520. The summed E-state index contributed by atoms with van der Waals surface area (Å²) in [5, 5.41) is 6.24. The third kappa shape index (κ3) is 6.58. The molecular formula is C30H29N5O5S. The molecule has 2 aliphatic heterocycles. The number of para-hydroxylation sites is 1. The monoisotopic (exact) mass is 571 g/mol. The molecule has 210 valence electrons. The maximum Gasteiger partial charge on any atom is 0.270 e.